The highest BCUT2D eigenvalue weighted by Gasteiger charge is 2.31. The molecule has 0 saturated carbocycles. The van der Waals surface area contributed by atoms with Crippen molar-refractivity contribution in [1.29, 1.82) is 0 Å². The van der Waals surface area contributed by atoms with Gasteiger partial charge in [-0.25, -0.2) is 0 Å². The molecular formula is C14H19N3O5. The fraction of sp³-hybridized carbons (Fsp3) is 0.571. The van der Waals surface area contributed by atoms with Crippen LogP contribution in [-0.2, 0) is 0 Å². The number of rotatable bonds is 6. The van der Waals surface area contributed by atoms with E-state index in [1.54, 1.807) is 13.8 Å². The molecular weight excluding hydrogens is 290 g/mol. The molecule has 0 radical (unpaired) electrons. The standard InChI is InChI=1S/C14H19N3O5/c1-10-9-12(16(18)19)14(13(11(10)2)17(20)21)22-8-7-15-5-3-4-6-15/h9H,3-8H2,1-2H3. The van der Waals surface area contributed by atoms with E-state index in [9.17, 15) is 20.2 Å². The number of nitro groups is 2. The number of aryl methyl sites for hydroxylation is 1. The first-order chi connectivity index (χ1) is 10.4. The van der Waals surface area contributed by atoms with E-state index in [1.165, 1.54) is 6.07 Å². The highest BCUT2D eigenvalue weighted by molar-refractivity contribution is 5.66. The summed E-state index contributed by atoms with van der Waals surface area (Å²) in [6, 6.07) is 1.33. The van der Waals surface area contributed by atoms with Crippen LogP contribution in [0, 0.1) is 34.1 Å². The quantitative estimate of drug-likeness (QED) is 0.591. The van der Waals surface area contributed by atoms with Crippen molar-refractivity contribution in [3.8, 4) is 5.75 Å². The Morgan fingerprint density at radius 2 is 1.82 bits per heavy atom. The lowest BCUT2D eigenvalue weighted by Gasteiger charge is -2.15. The Kier molecular flexibility index (Phi) is 4.92. The van der Waals surface area contributed by atoms with Crippen LogP contribution < -0.4 is 4.74 Å². The maximum Gasteiger partial charge on any atom is 0.321 e. The van der Waals surface area contributed by atoms with Crippen LogP contribution in [0.1, 0.15) is 24.0 Å². The highest BCUT2D eigenvalue weighted by atomic mass is 16.6. The van der Waals surface area contributed by atoms with Crippen molar-refractivity contribution in [2.24, 2.45) is 0 Å². The molecule has 1 heterocycles. The molecule has 0 bridgehead atoms. The van der Waals surface area contributed by atoms with Crippen molar-refractivity contribution >= 4 is 11.4 Å². The molecule has 0 aliphatic carbocycles. The molecule has 1 aliphatic rings. The van der Waals surface area contributed by atoms with Crippen molar-refractivity contribution in [3.05, 3.63) is 37.4 Å². The van der Waals surface area contributed by atoms with E-state index in [1.807, 2.05) is 0 Å². The van der Waals surface area contributed by atoms with Gasteiger partial charge >= 0.3 is 11.4 Å². The Balaban J connectivity index is 2.27. The minimum atomic E-state index is -0.634. The molecule has 120 valence electrons. The van der Waals surface area contributed by atoms with Crippen LogP contribution in [0.25, 0.3) is 0 Å². The van der Waals surface area contributed by atoms with E-state index in [0.29, 0.717) is 17.7 Å². The van der Waals surface area contributed by atoms with Gasteiger partial charge in [0.15, 0.2) is 0 Å². The Morgan fingerprint density at radius 3 is 2.36 bits per heavy atom. The summed E-state index contributed by atoms with van der Waals surface area (Å²) < 4.78 is 5.46. The maximum atomic E-state index is 11.3. The third-order valence-electron chi connectivity index (χ3n) is 3.98. The molecule has 2 rings (SSSR count). The predicted molar refractivity (Wildman–Crippen MR) is 80.4 cm³/mol. The molecule has 0 atom stereocenters. The molecule has 1 aliphatic heterocycles. The number of ether oxygens (including phenoxy) is 1. The van der Waals surface area contributed by atoms with Gasteiger partial charge in [0, 0.05) is 18.2 Å². The van der Waals surface area contributed by atoms with Gasteiger partial charge in [-0.3, -0.25) is 25.1 Å². The molecule has 0 spiro atoms. The number of hydrogen-bond acceptors (Lipinski definition) is 6. The second-order valence-corrected chi connectivity index (χ2v) is 5.43. The van der Waals surface area contributed by atoms with Crippen LogP contribution in [0.2, 0.25) is 0 Å². The normalized spacial score (nSPS) is 15.0. The van der Waals surface area contributed by atoms with Gasteiger partial charge < -0.3 is 4.74 Å². The molecule has 0 N–H and O–H groups in total. The SMILES string of the molecule is Cc1cc([N+](=O)[O-])c(OCCN2CCCC2)c([N+](=O)[O-])c1C. The van der Waals surface area contributed by atoms with E-state index in [2.05, 4.69) is 4.90 Å². The van der Waals surface area contributed by atoms with Gasteiger partial charge in [0.1, 0.15) is 6.61 Å². The molecule has 0 aromatic heterocycles. The lowest BCUT2D eigenvalue weighted by molar-refractivity contribution is -0.396. The number of nitro benzene ring substituents is 2. The number of likely N-dealkylation sites (tertiary alicyclic amines) is 1. The van der Waals surface area contributed by atoms with Crippen molar-refractivity contribution in [2.75, 3.05) is 26.2 Å². The summed E-state index contributed by atoms with van der Waals surface area (Å²) in [6.45, 7) is 5.94. The summed E-state index contributed by atoms with van der Waals surface area (Å²) in [5.41, 5.74) is 0.237. The van der Waals surface area contributed by atoms with Crippen LogP contribution in [-0.4, -0.2) is 41.0 Å². The zero-order valence-electron chi connectivity index (χ0n) is 12.7. The van der Waals surface area contributed by atoms with Crippen molar-refractivity contribution in [2.45, 2.75) is 26.7 Å². The minimum Gasteiger partial charge on any atom is -0.481 e. The van der Waals surface area contributed by atoms with E-state index in [0.717, 1.165) is 25.9 Å². The smallest absolute Gasteiger partial charge is 0.321 e. The van der Waals surface area contributed by atoms with Gasteiger partial charge in [-0.2, -0.15) is 0 Å². The highest BCUT2D eigenvalue weighted by Crippen LogP contribution is 2.41. The molecule has 8 nitrogen and oxygen atoms in total. The average molecular weight is 309 g/mol. The lowest BCUT2D eigenvalue weighted by atomic mass is 10.1. The van der Waals surface area contributed by atoms with Crippen LogP contribution in [0.15, 0.2) is 6.07 Å². The van der Waals surface area contributed by atoms with Gasteiger partial charge in [-0.1, -0.05) is 0 Å². The predicted octanol–water partition coefficient (Wildman–Crippen LogP) is 2.59. The fourth-order valence-corrected chi connectivity index (χ4v) is 2.64. The number of hydrogen-bond donors (Lipinski definition) is 0. The zero-order chi connectivity index (χ0) is 16.3. The van der Waals surface area contributed by atoms with Crippen LogP contribution in [0.4, 0.5) is 11.4 Å². The Morgan fingerprint density at radius 1 is 1.18 bits per heavy atom. The average Bonchev–Trinajstić information content (AvgIpc) is 2.95. The first kappa shape index (κ1) is 16.2. The summed E-state index contributed by atoms with van der Waals surface area (Å²) in [5, 5.41) is 22.5. The van der Waals surface area contributed by atoms with Crippen LogP contribution >= 0.6 is 0 Å². The van der Waals surface area contributed by atoms with Crippen molar-refractivity contribution < 1.29 is 14.6 Å². The molecule has 8 heteroatoms. The maximum absolute atomic E-state index is 11.3. The van der Waals surface area contributed by atoms with Crippen LogP contribution in [0.3, 0.4) is 0 Å². The second kappa shape index (κ2) is 6.69. The third-order valence-corrected chi connectivity index (χ3v) is 3.98. The first-order valence-corrected chi connectivity index (χ1v) is 7.20. The molecule has 0 unspecified atom stereocenters. The first-order valence-electron chi connectivity index (χ1n) is 7.20. The molecule has 1 fully saturated rings. The molecule has 22 heavy (non-hydrogen) atoms. The summed E-state index contributed by atoms with van der Waals surface area (Å²) in [6.07, 6.45) is 2.26. The van der Waals surface area contributed by atoms with E-state index in [4.69, 9.17) is 4.74 Å². The fourth-order valence-electron chi connectivity index (χ4n) is 2.64. The van der Waals surface area contributed by atoms with E-state index in [-0.39, 0.29) is 23.7 Å². The van der Waals surface area contributed by atoms with Crippen molar-refractivity contribution in [1.82, 2.24) is 4.90 Å². The van der Waals surface area contributed by atoms with Gasteiger partial charge in [0.05, 0.1) is 9.85 Å². The van der Waals surface area contributed by atoms with Crippen LogP contribution in [0.5, 0.6) is 5.75 Å². The van der Waals surface area contributed by atoms with E-state index < -0.39 is 9.85 Å². The summed E-state index contributed by atoms with van der Waals surface area (Å²) >= 11 is 0. The topological polar surface area (TPSA) is 98.8 Å². The Hall–Kier alpha value is -2.22. The Labute approximate surface area is 128 Å². The monoisotopic (exact) mass is 309 g/mol. The third kappa shape index (κ3) is 3.33. The van der Waals surface area contributed by atoms with Gasteiger partial charge in [0.25, 0.3) is 5.75 Å². The summed E-state index contributed by atoms with van der Waals surface area (Å²) in [4.78, 5) is 23.4. The molecule has 0 amide bonds. The lowest BCUT2D eigenvalue weighted by Crippen LogP contribution is -2.25. The van der Waals surface area contributed by atoms with Crippen molar-refractivity contribution in [3.63, 3.8) is 0 Å². The largest absolute Gasteiger partial charge is 0.481 e. The second-order valence-electron chi connectivity index (χ2n) is 5.43. The number of nitrogens with zero attached hydrogens (tertiary/aromatic N) is 3. The number of benzene rings is 1. The summed E-state index contributed by atoms with van der Waals surface area (Å²) in [7, 11) is 0. The zero-order valence-corrected chi connectivity index (χ0v) is 12.7. The Bertz CT molecular complexity index is 597. The van der Waals surface area contributed by atoms with Gasteiger partial charge in [0.2, 0.25) is 0 Å². The molecule has 1 aromatic carbocycles. The summed E-state index contributed by atoms with van der Waals surface area (Å²) in [5.74, 6) is -0.239. The van der Waals surface area contributed by atoms with E-state index >= 15 is 0 Å². The molecule has 1 saturated heterocycles. The minimum absolute atomic E-state index is 0.199. The van der Waals surface area contributed by atoms with Gasteiger partial charge in [-0.15, -0.1) is 0 Å². The molecule has 1 aromatic rings. The van der Waals surface area contributed by atoms with Gasteiger partial charge in [-0.05, 0) is 45.3 Å².